The van der Waals surface area contributed by atoms with E-state index in [9.17, 15) is 4.79 Å². The van der Waals surface area contributed by atoms with E-state index in [2.05, 4.69) is 20.3 Å². The summed E-state index contributed by atoms with van der Waals surface area (Å²) in [4.78, 5) is 25.2. The van der Waals surface area contributed by atoms with Crippen molar-refractivity contribution in [2.75, 3.05) is 18.7 Å². The fourth-order valence-corrected chi connectivity index (χ4v) is 3.24. The fraction of sp³-hybridized carbons (Fsp3) is 0.176. The Hall–Kier alpha value is -2.45. The van der Waals surface area contributed by atoms with Crippen molar-refractivity contribution in [2.45, 2.75) is 11.6 Å². The van der Waals surface area contributed by atoms with E-state index in [0.29, 0.717) is 10.3 Å². The van der Waals surface area contributed by atoms with Crippen LogP contribution in [-0.4, -0.2) is 34.2 Å². The van der Waals surface area contributed by atoms with Gasteiger partial charge in [0.15, 0.2) is 10.3 Å². The minimum atomic E-state index is -0.123. The van der Waals surface area contributed by atoms with Gasteiger partial charge >= 0.3 is 0 Å². The highest BCUT2D eigenvalue weighted by molar-refractivity contribution is 7.98. The van der Waals surface area contributed by atoms with E-state index < -0.39 is 0 Å². The molecule has 8 heteroatoms. The zero-order valence-electron chi connectivity index (χ0n) is 13.7. The number of carbonyl (C=O) groups is 1. The molecule has 128 valence electrons. The van der Waals surface area contributed by atoms with Gasteiger partial charge in [-0.2, -0.15) is 0 Å². The van der Waals surface area contributed by atoms with E-state index in [0.717, 1.165) is 22.7 Å². The first kappa shape index (κ1) is 17.4. The van der Waals surface area contributed by atoms with Crippen molar-refractivity contribution in [3.8, 4) is 17.1 Å². The number of rotatable bonds is 6. The van der Waals surface area contributed by atoms with Crippen molar-refractivity contribution in [3.05, 3.63) is 47.5 Å². The second-order valence-corrected chi connectivity index (χ2v) is 6.67. The molecule has 0 bridgehead atoms. The minimum Gasteiger partial charge on any atom is -0.497 e. The van der Waals surface area contributed by atoms with Crippen LogP contribution < -0.4 is 10.1 Å². The molecule has 3 rings (SSSR count). The number of thiazole rings is 1. The first-order valence-corrected chi connectivity index (χ1v) is 9.54. The predicted molar refractivity (Wildman–Crippen MR) is 100 cm³/mol. The Morgan fingerprint density at radius 3 is 2.96 bits per heavy atom. The van der Waals surface area contributed by atoms with E-state index in [1.807, 2.05) is 35.9 Å². The van der Waals surface area contributed by atoms with Gasteiger partial charge in [0.05, 0.1) is 19.2 Å². The van der Waals surface area contributed by atoms with Crippen LogP contribution in [-0.2, 0) is 11.2 Å². The van der Waals surface area contributed by atoms with Crippen molar-refractivity contribution < 1.29 is 9.53 Å². The molecule has 0 aliphatic rings. The monoisotopic (exact) mass is 372 g/mol. The number of aromatic nitrogens is 3. The van der Waals surface area contributed by atoms with E-state index in [4.69, 9.17) is 4.74 Å². The summed E-state index contributed by atoms with van der Waals surface area (Å²) in [5, 5.41) is 5.93. The van der Waals surface area contributed by atoms with Gasteiger partial charge in [0.2, 0.25) is 5.91 Å². The number of hydrogen-bond donors (Lipinski definition) is 1. The standard InChI is InChI=1S/C17H16N4O2S2/c1-23-12-5-3-4-11(8-12)9-15(22)21-17-20-14(10-25-17)13-6-7-18-16(19-13)24-2/h3-8,10H,9H2,1-2H3,(H,20,21,22). The van der Waals surface area contributed by atoms with Crippen LogP contribution >= 0.6 is 23.1 Å². The number of thioether (sulfide) groups is 1. The largest absolute Gasteiger partial charge is 0.497 e. The van der Waals surface area contributed by atoms with Crippen molar-refractivity contribution in [2.24, 2.45) is 0 Å². The highest BCUT2D eigenvalue weighted by Crippen LogP contribution is 2.24. The Balaban J connectivity index is 1.67. The molecule has 3 aromatic rings. The van der Waals surface area contributed by atoms with Crippen molar-refractivity contribution >= 4 is 34.1 Å². The molecular formula is C17H16N4O2S2. The van der Waals surface area contributed by atoms with Gasteiger partial charge < -0.3 is 10.1 Å². The Labute approximate surface area is 153 Å². The highest BCUT2D eigenvalue weighted by atomic mass is 32.2. The molecule has 0 saturated heterocycles. The lowest BCUT2D eigenvalue weighted by molar-refractivity contribution is -0.115. The number of methoxy groups -OCH3 is 1. The summed E-state index contributed by atoms with van der Waals surface area (Å²) in [6.07, 6.45) is 3.88. The zero-order chi connectivity index (χ0) is 17.6. The quantitative estimate of drug-likeness (QED) is 0.527. The molecule has 2 aromatic heterocycles. The second-order valence-electron chi connectivity index (χ2n) is 5.04. The Morgan fingerprint density at radius 2 is 2.16 bits per heavy atom. The van der Waals surface area contributed by atoms with Gasteiger partial charge in [-0.3, -0.25) is 4.79 Å². The van der Waals surface area contributed by atoms with Crippen LogP contribution in [0.5, 0.6) is 5.75 Å². The maximum absolute atomic E-state index is 12.2. The molecule has 6 nitrogen and oxygen atoms in total. The van der Waals surface area contributed by atoms with Crippen LogP contribution in [0.4, 0.5) is 5.13 Å². The van der Waals surface area contributed by atoms with Gasteiger partial charge in [-0.05, 0) is 30.0 Å². The molecule has 1 N–H and O–H groups in total. The van der Waals surface area contributed by atoms with Crippen LogP contribution in [0.25, 0.3) is 11.4 Å². The first-order chi connectivity index (χ1) is 12.2. The van der Waals surface area contributed by atoms with Crippen LogP contribution in [0.2, 0.25) is 0 Å². The zero-order valence-corrected chi connectivity index (χ0v) is 15.4. The predicted octanol–water partition coefficient (Wildman–Crippen LogP) is 3.51. The van der Waals surface area contributed by atoms with Crippen LogP contribution in [0.15, 0.2) is 47.1 Å². The Kier molecular flexibility index (Phi) is 5.62. The second kappa shape index (κ2) is 8.09. The topological polar surface area (TPSA) is 77.0 Å². The fourth-order valence-electron chi connectivity index (χ4n) is 2.16. The number of ether oxygens (including phenoxy) is 1. The normalized spacial score (nSPS) is 10.5. The van der Waals surface area contributed by atoms with Crippen LogP contribution in [0, 0.1) is 0 Å². The number of nitrogens with zero attached hydrogens (tertiary/aromatic N) is 3. The molecule has 0 fully saturated rings. The molecule has 25 heavy (non-hydrogen) atoms. The highest BCUT2D eigenvalue weighted by Gasteiger charge is 2.10. The maximum Gasteiger partial charge on any atom is 0.230 e. The van der Waals surface area contributed by atoms with E-state index >= 15 is 0 Å². The van der Waals surface area contributed by atoms with Gasteiger partial charge in [-0.25, -0.2) is 15.0 Å². The van der Waals surface area contributed by atoms with Gasteiger partial charge in [-0.15, -0.1) is 11.3 Å². The van der Waals surface area contributed by atoms with E-state index in [1.165, 1.54) is 23.1 Å². The summed E-state index contributed by atoms with van der Waals surface area (Å²) in [5.74, 6) is 0.608. The van der Waals surface area contributed by atoms with E-state index in [-0.39, 0.29) is 12.3 Å². The smallest absolute Gasteiger partial charge is 0.230 e. The average molecular weight is 372 g/mol. The third-order valence-electron chi connectivity index (χ3n) is 3.33. The molecule has 0 atom stereocenters. The van der Waals surface area contributed by atoms with Gasteiger partial charge in [0.1, 0.15) is 11.4 Å². The van der Waals surface area contributed by atoms with Crippen molar-refractivity contribution in [3.63, 3.8) is 0 Å². The Bertz CT molecular complexity index is 882. The van der Waals surface area contributed by atoms with Gasteiger partial charge in [-0.1, -0.05) is 23.9 Å². The average Bonchev–Trinajstić information content (AvgIpc) is 3.10. The number of nitrogens with one attached hydrogen (secondary N) is 1. The SMILES string of the molecule is COc1cccc(CC(=O)Nc2nc(-c3ccnc(SC)n3)cs2)c1. The summed E-state index contributed by atoms with van der Waals surface area (Å²) in [6.45, 7) is 0. The Morgan fingerprint density at radius 1 is 1.28 bits per heavy atom. The number of benzene rings is 1. The number of hydrogen-bond acceptors (Lipinski definition) is 7. The molecule has 0 aliphatic heterocycles. The summed E-state index contributed by atoms with van der Waals surface area (Å²) >= 11 is 2.84. The van der Waals surface area contributed by atoms with Crippen LogP contribution in [0.1, 0.15) is 5.56 Å². The van der Waals surface area contributed by atoms with Crippen LogP contribution in [0.3, 0.4) is 0 Å². The lowest BCUT2D eigenvalue weighted by Gasteiger charge is -2.04. The van der Waals surface area contributed by atoms with E-state index in [1.54, 1.807) is 19.4 Å². The van der Waals surface area contributed by atoms with Crippen molar-refractivity contribution in [1.29, 1.82) is 0 Å². The lowest BCUT2D eigenvalue weighted by Crippen LogP contribution is -2.14. The minimum absolute atomic E-state index is 0.123. The molecule has 0 saturated carbocycles. The van der Waals surface area contributed by atoms with Crippen molar-refractivity contribution in [1.82, 2.24) is 15.0 Å². The lowest BCUT2D eigenvalue weighted by atomic mass is 10.1. The summed E-state index contributed by atoms with van der Waals surface area (Å²) in [5.41, 5.74) is 2.34. The summed E-state index contributed by atoms with van der Waals surface area (Å²) < 4.78 is 5.17. The molecule has 1 aromatic carbocycles. The third kappa shape index (κ3) is 4.55. The number of amides is 1. The van der Waals surface area contributed by atoms with Gasteiger partial charge in [0, 0.05) is 11.6 Å². The molecule has 2 heterocycles. The molecule has 0 unspecified atom stereocenters. The van der Waals surface area contributed by atoms with Gasteiger partial charge in [0.25, 0.3) is 0 Å². The summed E-state index contributed by atoms with van der Waals surface area (Å²) in [7, 11) is 1.60. The molecular weight excluding hydrogens is 356 g/mol. The molecule has 1 amide bonds. The molecule has 0 radical (unpaired) electrons. The molecule has 0 spiro atoms. The summed E-state index contributed by atoms with van der Waals surface area (Å²) in [6, 6.07) is 9.25. The number of anilines is 1. The third-order valence-corrected chi connectivity index (χ3v) is 4.65. The number of carbonyl (C=O) groups excluding carboxylic acids is 1. The first-order valence-electron chi connectivity index (χ1n) is 7.43. The molecule has 0 aliphatic carbocycles. The maximum atomic E-state index is 12.2.